The quantitative estimate of drug-likeness (QED) is 0.661. The van der Waals surface area contributed by atoms with Crippen LogP contribution in [0, 0.1) is 5.82 Å². The average Bonchev–Trinajstić information content (AvgIpc) is 2.70. The van der Waals surface area contributed by atoms with Crippen molar-refractivity contribution in [3.8, 4) is 11.5 Å². The van der Waals surface area contributed by atoms with E-state index in [1.807, 2.05) is 0 Å². The monoisotopic (exact) mass is 379 g/mol. The molecule has 0 fully saturated rings. The number of hydrogen-bond acceptors (Lipinski definition) is 4. The number of para-hydroxylation sites is 2. The molecule has 2 aromatic carbocycles. The molecule has 0 bridgehead atoms. The molecule has 7 heteroatoms. The van der Waals surface area contributed by atoms with Crippen LogP contribution in [0.5, 0.6) is 11.5 Å². The summed E-state index contributed by atoms with van der Waals surface area (Å²) in [4.78, 5) is 28.4. The van der Waals surface area contributed by atoms with Crippen LogP contribution in [-0.4, -0.2) is 16.8 Å². The lowest BCUT2D eigenvalue weighted by atomic mass is 10.1. The van der Waals surface area contributed by atoms with E-state index in [-0.39, 0.29) is 17.5 Å². The van der Waals surface area contributed by atoms with E-state index < -0.39 is 17.6 Å². The SMILES string of the molecule is CC(NC(=O)C(=O)Nc1ccccc1Oc1cccc(F)c1)c1ccncc1. The summed E-state index contributed by atoms with van der Waals surface area (Å²) in [6.07, 6.45) is 3.22. The van der Waals surface area contributed by atoms with E-state index in [0.717, 1.165) is 5.56 Å². The fraction of sp³-hybridized carbons (Fsp3) is 0.0952. The van der Waals surface area contributed by atoms with E-state index in [0.29, 0.717) is 5.69 Å². The van der Waals surface area contributed by atoms with Crippen LogP contribution in [0.3, 0.4) is 0 Å². The third-order valence-corrected chi connectivity index (χ3v) is 3.92. The maximum Gasteiger partial charge on any atom is 0.313 e. The highest BCUT2D eigenvalue weighted by Crippen LogP contribution is 2.29. The second-order valence-corrected chi connectivity index (χ2v) is 5.99. The van der Waals surface area contributed by atoms with Gasteiger partial charge in [-0.1, -0.05) is 18.2 Å². The second-order valence-electron chi connectivity index (χ2n) is 5.99. The highest BCUT2D eigenvalue weighted by atomic mass is 19.1. The molecule has 142 valence electrons. The molecule has 3 rings (SSSR count). The molecule has 0 aliphatic carbocycles. The number of aromatic nitrogens is 1. The van der Waals surface area contributed by atoms with Gasteiger partial charge in [-0.05, 0) is 48.9 Å². The summed E-state index contributed by atoms with van der Waals surface area (Å²) in [7, 11) is 0. The van der Waals surface area contributed by atoms with Crippen LogP contribution in [0.15, 0.2) is 73.1 Å². The molecule has 1 heterocycles. The van der Waals surface area contributed by atoms with Crippen LogP contribution >= 0.6 is 0 Å². The number of anilines is 1. The Balaban J connectivity index is 1.67. The minimum Gasteiger partial charge on any atom is -0.455 e. The van der Waals surface area contributed by atoms with Crippen molar-refractivity contribution in [2.24, 2.45) is 0 Å². The number of carbonyl (C=O) groups excluding carboxylic acids is 2. The summed E-state index contributed by atoms with van der Waals surface area (Å²) < 4.78 is 19.0. The Morgan fingerprint density at radius 1 is 1.00 bits per heavy atom. The lowest BCUT2D eigenvalue weighted by molar-refractivity contribution is -0.136. The van der Waals surface area contributed by atoms with Crippen LogP contribution in [0.4, 0.5) is 10.1 Å². The van der Waals surface area contributed by atoms with Crippen LogP contribution in [0.1, 0.15) is 18.5 Å². The van der Waals surface area contributed by atoms with E-state index in [9.17, 15) is 14.0 Å². The van der Waals surface area contributed by atoms with Gasteiger partial charge in [-0.3, -0.25) is 14.6 Å². The van der Waals surface area contributed by atoms with Crippen molar-refractivity contribution in [2.75, 3.05) is 5.32 Å². The van der Waals surface area contributed by atoms with Gasteiger partial charge in [0.25, 0.3) is 0 Å². The summed E-state index contributed by atoms with van der Waals surface area (Å²) in [5.74, 6) is -1.50. The Hall–Kier alpha value is -3.74. The van der Waals surface area contributed by atoms with Crippen molar-refractivity contribution in [2.45, 2.75) is 13.0 Å². The van der Waals surface area contributed by atoms with E-state index in [1.165, 1.54) is 18.2 Å². The van der Waals surface area contributed by atoms with Gasteiger partial charge in [0.05, 0.1) is 11.7 Å². The first-order valence-corrected chi connectivity index (χ1v) is 8.57. The maximum absolute atomic E-state index is 13.3. The lowest BCUT2D eigenvalue weighted by Crippen LogP contribution is -2.37. The second kappa shape index (κ2) is 8.77. The standard InChI is InChI=1S/C21H18FN3O3/c1-14(15-9-11-23-12-10-15)24-20(26)21(27)25-18-7-2-3-8-19(18)28-17-6-4-5-16(22)13-17/h2-14H,1H3,(H,24,26)(H,25,27). The van der Waals surface area contributed by atoms with Gasteiger partial charge in [-0.2, -0.15) is 0 Å². The van der Waals surface area contributed by atoms with Crippen LogP contribution in [-0.2, 0) is 9.59 Å². The fourth-order valence-electron chi connectivity index (χ4n) is 2.49. The Bertz CT molecular complexity index is 979. The molecule has 0 spiro atoms. The largest absolute Gasteiger partial charge is 0.455 e. The van der Waals surface area contributed by atoms with Crippen molar-refractivity contribution in [1.29, 1.82) is 0 Å². The minimum absolute atomic E-state index is 0.275. The molecule has 0 aliphatic heterocycles. The molecule has 0 radical (unpaired) electrons. The third kappa shape index (κ3) is 4.91. The normalized spacial score (nSPS) is 11.4. The predicted octanol–water partition coefficient (Wildman–Crippen LogP) is 3.83. The van der Waals surface area contributed by atoms with Crippen LogP contribution < -0.4 is 15.4 Å². The van der Waals surface area contributed by atoms with Gasteiger partial charge in [0.1, 0.15) is 11.6 Å². The van der Waals surface area contributed by atoms with Crippen molar-refractivity contribution >= 4 is 17.5 Å². The molecule has 28 heavy (non-hydrogen) atoms. The number of nitrogens with zero attached hydrogens (tertiary/aromatic N) is 1. The number of ether oxygens (including phenoxy) is 1. The van der Waals surface area contributed by atoms with Gasteiger partial charge in [-0.25, -0.2) is 4.39 Å². The van der Waals surface area contributed by atoms with Gasteiger partial charge in [0.2, 0.25) is 0 Å². The van der Waals surface area contributed by atoms with Gasteiger partial charge >= 0.3 is 11.8 Å². The molecule has 0 aliphatic rings. The van der Waals surface area contributed by atoms with E-state index in [1.54, 1.807) is 61.8 Å². The molecule has 6 nitrogen and oxygen atoms in total. The molecule has 3 aromatic rings. The zero-order valence-corrected chi connectivity index (χ0v) is 15.1. The summed E-state index contributed by atoms with van der Waals surface area (Å²) in [6, 6.07) is 15.4. The van der Waals surface area contributed by atoms with Crippen molar-refractivity contribution in [1.82, 2.24) is 10.3 Å². The number of rotatable bonds is 5. The van der Waals surface area contributed by atoms with Crippen molar-refractivity contribution in [3.63, 3.8) is 0 Å². The van der Waals surface area contributed by atoms with Crippen LogP contribution in [0.25, 0.3) is 0 Å². The van der Waals surface area contributed by atoms with E-state index in [2.05, 4.69) is 15.6 Å². The molecular weight excluding hydrogens is 361 g/mol. The number of benzene rings is 2. The lowest BCUT2D eigenvalue weighted by Gasteiger charge is -2.15. The molecule has 0 saturated carbocycles. The summed E-state index contributed by atoms with van der Waals surface area (Å²) in [5.41, 5.74) is 1.12. The first kappa shape index (κ1) is 19.0. The number of carbonyl (C=O) groups is 2. The predicted molar refractivity (Wildman–Crippen MR) is 102 cm³/mol. The van der Waals surface area contributed by atoms with Crippen molar-refractivity contribution in [3.05, 3.63) is 84.4 Å². The average molecular weight is 379 g/mol. The number of nitrogens with one attached hydrogen (secondary N) is 2. The summed E-state index contributed by atoms with van der Waals surface area (Å²) in [6.45, 7) is 1.77. The summed E-state index contributed by atoms with van der Waals surface area (Å²) in [5, 5.41) is 5.14. The van der Waals surface area contributed by atoms with Gasteiger partial charge in [0.15, 0.2) is 5.75 Å². The topological polar surface area (TPSA) is 80.3 Å². The smallest absolute Gasteiger partial charge is 0.313 e. The number of pyridine rings is 1. The number of amides is 2. The van der Waals surface area contributed by atoms with Crippen molar-refractivity contribution < 1.29 is 18.7 Å². The zero-order chi connectivity index (χ0) is 19.9. The maximum atomic E-state index is 13.3. The molecule has 1 unspecified atom stereocenters. The fourth-order valence-corrected chi connectivity index (χ4v) is 2.49. The molecule has 2 N–H and O–H groups in total. The highest BCUT2D eigenvalue weighted by Gasteiger charge is 2.18. The zero-order valence-electron chi connectivity index (χ0n) is 15.1. The molecule has 2 amide bonds. The van der Waals surface area contributed by atoms with E-state index >= 15 is 0 Å². The molecular formula is C21H18FN3O3. The molecule has 1 aromatic heterocycles. The van der Waals surface area contributed by atoms with Gasteiger partial charge in [0, 0.05) is 18.5 Å². The van der Waals surface area contributed by atoms with E-state index in [4.69, 9.17) is 4.74 Å². The number of halogens is 1. The highest BCUT2D eigenvalue weighted by molar-refractivity contribution is 6.39. The number of hydrogen-bond donors (Lipinski definition) is 2. The van der Waals surface area contributed by atoms with Gasteiger partial charge in [-0.15, -0.1) is 0 Å². The Labute approximate surface area is 161 Å². The Kier molecular flexibility index (Phi) is 5.96. The van der Waals surface area contributed by atoms with Crippen LogP contribution in [0.2, 0.25) is 0 Å². The Morgan fingerprint density at radius 2 is 1.75 bits per heavy atom. The molecule has 0 saturated heterocycles. The minimum atomic E-state index is -0.837. The summed E-state index contributed by atoms with van der Waals surface area (Å²) >= 11 is 0. The third-order valence-electron chi connectivity index (χ3n) is 3.92. The van der Waals surface area contributed by atoms with Gasteiger partial charge < -0.3 is 15.4 Å². The molecule has 1 atom stereocenters. The Morgan fingerprint density at radius 3 is 2.50 bits per heavy atom. The first-order valence-electron chi connectivity index (χ1n) is 8.57. The first-order chi connectivity index (χ1) is 13.5.